The first-order valence-corrected chi connectivity index (χ1v) is 7.93. The highest BCUT2D eigenvalue weighted by Gasteiger charge is 2.22. The van der Waals surface area contributed by atoms with Crippen molar-refractivity contribution in [3.63, 3.8) is 0 Å². The molecule has 1 fully saturated rings. The van der Waals surface area contributed by atoms with E-state index in [-0.39, 0.29) is 5.91 Å². The maximum Gasteiger partial charge on any atom is 0.417 e. The van der Waals surface area contributed by atoms with Crippen LogP contribution in [0.25, 0.3) is 11.1 Å². The van der Waals surface area contributed by atoms with Crippen molar-refractivity contribution in [2.45, 2.75) is 0 Å². The molecular weight excluding hydrogens is 306 g/mol. The minimum atomic E-state index is -0.508. The fourth-order valence-electron chi connectivity index (χ4n) is 3.07. The maximum absolute atomic E-state index is 12.7. The van der Waals surface area contributed by atoms with E-state index in [4.69, 9.17) is 4.42 Å². The molecule has 1 saturated heterocycles. The highest BCUT2D eigenvalue weighted by atomic mass is 16.4. The molecule has 3 aromatic rings. The lowest BCUT2D eigenvalue weighted by Gasteiger charge is -2.36. The number of fused-ring (bicyclic) bond motifs is 1. The monoisotopic (exact) mass is 323 g/mol. The van der Waals surface area contributed by atoms with Gasteiger partial charge < -0.3 is 14.2 Å². The van der Waals surface area contributed by atoms with Gasteiger partial charge in [-0.3, -0.25) is 9.78 Å². The van der Waals surface area contributed by atoms with Crippen molar-refractivity contribution in [3.05, 3.63) is 64.6 Å². The Labute approximate surface area is 138 Å². The Balaban J connectivity index is 1.48. The van der Waals surface area contributed by atoms with Gasteiger partial charge in [-0.1, -0.05) is 18.2 Å². The van der Waals surface area contributed by atoms with Crippen molar-refractivity contribution in [2.75, 3.05) is 31.1 Å². The van der Waals surface area contributed by atoms with Crippen LogP contribution in [0.1, 0.15) is 10.4 Å². The minimum absolute atomic E-state index is 0.0338. The number of nitrogens with one attached hydrogen (secondary N) is 1. The van der Waals surface area contributed by atoms with Crippen LogP contribution in [0.2, 0.25) is 0 Å². The number of aromatic nitrogens is 1. The minimum Gasteiger partial charge on any atom is -0.408 e. The van der Waals surface area contributed by atoms with Crippen LogP contribution in [0.4, 0.5) is 5.69 Å². The Morgan fingerprint density at radius 1 is 1.00 bits per heavy atom. The topological polar surface area (TPSA) is 69.5 Å². The largest absolute Gasteiger partial charge is 0.417 e. The molecule has 0 atom stereocenters. The summed E-state index contributed by atoms with van der Waals surface area (Å²) in [7, 11) is 0. The number of benzene rings is 2. The number of anilines is 1. The van der Waals surface area contributed by atoms with Gasteiger partial charge in [0.1, 0.15) is 0 Å². The van der Waals surface area contributed by atoms with Gasteiger partial charge in [0.2, 0.25) is 0 Å². The van der Waals surface area contributed by atoms with Crippen LogP contribution in [0.15, 0.2) is 57.7 Å². The molecule has 2 aromatic carbocycles. The predicted octanol–water partition coefficient (Wildman–Crippen LogP) is 2.08. The molecule has 1 N–H and O–H groups in total. The molecule has 4 rings (SSSR count). The number of nitrogens with zero attached hydrogens (tertiary/aromatic N) is 2. The fraction of sp³-hybridized carbons (Fsp3) is 0.222. The van der Waals surface area contributed by atoms with Gasteiger partial charge in [0, 0.05) is 37.4 Å². The van der Waals surface area contributed by atoms with Gasteiger partial charge in [0.25, 0.3) is 5.91 Å². The third-order valence-electron chi connectivity index (χ3n) is 4.36. The second kappa shape index (κ2) is 5.88. The van der Waals surface area contributed by atoms with E-state index in [2.05, 4.69) is 22.0 Å². The molecule has 0 radical (unpaired) electrons. The van der Waals surface area contributed by atoms with Crippen LogP contribution < -0.4 is 10.7 Å². The van der Waals surface area contributed by atoms with Crippen LogP contribution in [0.5, 0.6) is 0 Å². The number of amides is 1. The van der Waals surface area contributed by atoms with Crippen molar-refractivity contribution in [1.82, 2.24) is 9.88 Å². The van der Waals surface area contributed by atoms with Gasteiger partial charge in [-0.05, 0) is 30.3 Å². The normalized spacial score (nSPS) is 15.0. The molecule has 6 heteroatoms. The summed E-state index contributed by atoms with van der Waals surface area (Å²) in [5, 5.41) is 0. The molecule has 1 aliphatic heterocycles. The summed E-state index contributed by atoms with van der Waals surface area (Å²) in [6, 6.07) is 15.3. The van der Waals surface area contributed by atoms with Crippen molar-refractivity contribution >= 4 is 22.7 Å². The van der Waals surface area contributed by atoms with E-state index in [9.17, 15) is 9.59 Å². The molecule has 0 unspecified atom stereocenters. The second-order valence-electron chi connectivity index (χ2n) is 5.84. The number of H-pyrrole nitrogens is 1. The van der Waals surface area contributed by atoms with Gasteiger partial charge in [-0.25, -0.2) is 4.79 Å². The number of piperazine rings is 1. The van der Waals surface area contributed by atoms with Crippen LogP contribution in [-0.2, 0) is 0 Å². The molecule has 0 bridgehead atoms. The van der Waals surface area contributed by atoms with E-state index in [0.29, 0.717) is 29.8 Å². The van der Waals surface area contributed by atoms with Gasteiger partial charge >= 0.3 is 5.76 Å². The third-order valence-corrected chi connectivity index (χ3v) is 4.36. The van der Waals surface area contributed by atoms with E-state index < -0.39 is 5.76 Å². The van der Waals surface area contributed by atoms with Gasteiger partial charge in [-0.2, -0.15) is 0 Å². The number of oxazole rings is 1. The Kier molecular flexibility index (Phi) is 3.57. The van der Waals surface area contributed by atoms with Crippen LogP contribution in [0, 0.1) is 0 Å². The number of rotatable bonds is 2. The van der Waals surface area contributed by atoms with E-state index in [0.717, 1.165) is 13.1 Å². The highest BCUT2D eigenvalue weighted by molar-refractivity contribution is 5.97. The van der Waals surface area contributed by atoms with E-state index in [1.165, 1.54) is 5.69 Å². The summed E-state index contributed by atoms with van der Waals surface area (Å²) in [5.74, 6) is -0.542. The Bertz CT molecular complexity index is 921. The van der Waals surface area contributed by atoms with Crippen molar-refractivity contribution in [1.29, 1.82) is 0 Å². The molecule has 0 aliphatic carbocycles. The molecule has 6 nitrogen and oxygen atoms in total. The number of hydrogen-bond acceptors (Lipinski definition) is 4. The molecule has 122 valence electrons. The van der Waals surface area contributed by atoms with Crippen LogP contribution in [-0.4, -0.2) is 42.0 Å². The summed E-state index contributed by atoms with van der Waals surface area (Å²) in [4.78, 5) is 30.6. The molecule has 24 heavy (non-hydrogen) atoms. The standard InChI is InChI=1S/C18H17N3O3/c22-17(13-6-7-15-16(12-13)24-18(23)19-15)21-10-8-20(9-11-21)14-4-2-1-3-5-14/h1-7,12H,8-11H2,(H,19,23). The molecule has 0 spiro atoms. The quantitative estimate of drug-likeness (QED) is 0.784. The van der Waals surface area contributed by atoms with Crippen molar-refractivity contribution in [3.8, 4) is 0 Å². The lowest BCUT2D eigenvalue weighted by Crippen LogP contribution is -2.48. The summed E-state index contributed by atoms with van der Waals surface area (Å²) in [5.41, 5.74) is 2.73. The lowest BCUT2D eigenvalue weighted by atomic mass is 10.1. The Hall–Kier alpha value is -3.02. The summed E-state index contributed by atoms with van der Waals surface area (Å²) < 4.78 is 5.03. The zero-order valence-electron chi connectivity index (χ0n) is 13.1. The number of aromatic amines is 1. The third kappa shape index (κ3) is 2.67. The molecule has 0 saturated carbocycles. The fourth-order valence-corrected chi connectivity index (χ4v) is 3.07. The lowest BCUT2D eigenvalue weighted by molar-refractivity contribution is 0.0747. The molecule has 1 aliphatic rings. The number of hydrogen-bond donors (Lipinski definition) is 1. The maximum atomic E-state index is 12.7. The first-order chi connectivity index (χ1) is 11.7. The predicted molar refractivity (Wildman–Crippen MR) is 91.4 cm³/mol. The average molecular weight is 323 g/mol. The van der Waals surface area contributed by atoms with Gasteiger partial charge in [-0.15, -0.1) is 0 Å². The molecular formula is C18H17N3O3. The highest BCUT2D eigenvalue weighted by Crippen LogP contribution is 2.18. The first-order valence-electron chi connectivity index (χ1n) is 7.93. The number of para-hydroxylation sites is 1. The first kappa shape index (κ1) is 14.6. The smallest absolute Gasteiger partial charge is 0.408 e. The van der Waals surface area contributed by atoms with E-state index >= 15 is 0 Å². The van der Waals surface area contributed by atoms with Crippen LogP contribution >= 0.6 is 0 Å². The van der Waals surface area contributed by atoms with Crippen molar-refractivity contribution < 1.29 is 9.21 Å². The Morgan fingerprint density at radius 3 is 2.50 bits per heavy atom. The second-order valence-corrected chi connectivity index (χ2v) is 5.84. The summed E-state index contributed by atoms with van der Waals surface area (Å²) >= 11 is 0. The molecule has 1 aromatic heterocycles. The zero-order chi connectivity index (χ0) is 16.5. The SMILES string of the molecule is O=C(c1ccc2[nH]c(=O)oc2c1)N1CCN(c2ccccc2)CC1. The average Bonchev–Trinajstić information content (AvgIpc) is 3.01. The van der Waals surface area contributed by atoms with E-state index in [1.807, 2.05) is 23.1 Å². The molecule has 2 heterocycles. The van der Waals surface area contributed by atoms with E-state index in [1.54, 1.807) is 18.2 Å². The number of carbonyl (C=O) groups excluding carboxylic acids is 1. The zero-order valence-corrected chi connectivity index (χ0v) is 13.1. The van der Waals surface area contributed by atoms with Gasteiger partial charge in [0.15, 0.2) is 5.58 Å². The van der Waals surface area contributed by atoms with Crippen molar-refractivity contribution in [2.24, 2.45) is 0 Å². The number of carbonyl (C=O) groups is 1. The Morgan fingerprint density at radius 2 is 1.75 bits per heavy atom. The van der Waals surface area contributed by atoms with Gasteiger partial charge in [0.05, 0.1) is 5.52 Å². The summed E-state index contributed by atoms with van der Waals surface area (Å²) in [6.45, 7) is 2.94. The summed E-state index contributed by atoms with van der Waals surface area (Å²) in [6.07, 6.45) is 0. The van der Waals surface area contributed by atoms with Crippen LogP contribution in [0.3, 0.4) is 0 Å². The molecule has 1 amide bonds.